The van der Waals surface area contributed by atoms with Crippen LogP contribution < -0.4 is 11.5 Å². The van der Waals surface area contributed by atoms with Gasteiger partial charge in [0.05, 0.1) is 12.6 Å². The predicted molar refractivity (Wildman–Crippen MR) is 66.1 cm³/mol. The fraction of sp³-hybridized carbons (Fsp3) is 0.300. The van der Waals surface area contributed by atoms with Gasteiger partial charge < -0.3 is 16.2 Å². The van der Waals surface area contributed by atoms with Crippen molar-refractivity contribution in [3.05, 3.63) is 33.4 Å². The Labute approximate surface area is 102 Å². The van der Waals surface area contributed by atoms with E-state index in [0.717, 1.165) is 9.13 Å². The number of amides is 1. The number of carbonyl (C=O) groups excluding carboxylic acids is 1. The molecule has 1 rings (SSSR count). The SMILES string of the molecule is NC(=O)COCC(N)c1ccc(I)cc1. The monoisotopic (exact) mass is 320 g/mol. The van der Waals surface area contributed by atoms with E-state index in [1.807, 2.05) is 24.3 Å². The lowest BCUT2D eigenvalue weighted by Gasteiger charge is -2.11. The van der Waals surface area contributed by atoms with Crippen LogP contribution in [-0.2, 0) is 9.53 Å². The molecule has 0 saturated carbocycles. The van der Waals surface area contributed by atoms with E-state index in [1.165, 1.54) is 0 Å². The van der Waals surface area contributed by atoms with Crippen molar-refractivity contribution in [3.8, 4) is 0 Å². The molecule has 0 aliphatic carbocycles. The third-order valence-electron chi connectivity index (χ3n) is 1.84. The molecule has 1 aromatic rings. The minimum Gasteiger partial charge on any atom is -0.370 e. The lowest BCUT2D eigenvalue weighted by Crippen LogP contribution is -2.23. The van der Waals surface area contributed by atoms with Crippen LogP contribution in [0.1, 0.15) is 11.6 Å². The van der Waals surface area contributed by atoms with Gasteiger partial charge >= 0.3 is 0 Å². The van der Waals surface area contributed by atoms with Crippen molar-refractivity contribution in [2.24, 2.45) is 11.5 Å². The molecular weight excluding hydrogens is 307 g/mol. The van der Waals surface area contributed by atoms with Crippen LogP contribution in [0, 0.1) is 3.57 Å². The Morgan fingerprint density at radius 1 is 1.40 bits per heavy atom. The fourth-order valence-electron chi connectivity index (χ4n) is 1.09. The summed E-state index contributed by atoms with van der Waals surface area (Å²) in [7, 11) is 0. The summed E-state index contributed by atoms with van der Waals surface area (Å²) in [6, 6.07) is 7.62. The average molecular weight is 320 g/mol. The second-order valence-corrected chi connectivity index (χ2v) is 4.39. The molecule has 0 bridgehead atoms. The number of ether oxygens (including phenoxy) is 1. The van der Waals surface area contributed by atoms with Crippen LogP contribution in [0.15, 0.2) is 24.3 Å². The molecule has 1 aromatic carbocycles. The van der Waals surface area contributed by atoms with Crippen LogP contribution in [0.25, 0.3) is 0 Å². The lowest BCUT2D eigenvalue weighted by atomic mass is 10.1. The molecule has 4 nitrogen and oxygen atoms in total. The van der Waals surface area contributed by atoms with E-state index in [4.69, 9.17) is 16.2 Å². The Bertz CT molecular complexity index is 327. The zero-order valence-electron chi connectivity index (χ0n) is 8.15. The Hall–Kier alpha value is -0.660. The first-order valence-electron chi connectivity index (χ1n) is 4.46. The number of halogens is 1. The third-order valence-corrected chi connectivity index (χ3v) is 2.56. The molecule has 0 heterocycles. The Morgan fingerprint density at radius 2 is 2.00 bits per heavy atom. The average Bonchev–Trinajstić information content (AvgIpc) is 2.18. The van der Waals surface area contributed by atoms with Crippen LogP contribution >= 0.6 is 22.6 Å². The summed E-state index contributed by atoms with van der Waals surface area (Å²) in [6.07, 6.45) is 0. The molecule has 1 atom stereocenters. The summed E-state index contributed by atoms with van der Waals surface area (Å²) in [6.45, 7) is 0.210. The van der Waals surface area contributed by atoms with Gasteiger partial charge in [0.15, 0.2) is 0 Å². The van der Waals surface area contributed by atoms with Gasteiger partial charge in [0.2, 0.25) is 5.91 Å². The molecule has 0 aromatic heterocycles. The minimum absolute atomic E-state index is 0.0852. The van der Waals surface area contributed by atoms with Gasteiger partial charge in [0.25, 0.3) is 0 Å². The normalized spacial score (nSPS) is 12.4. The molecule has 4 N–H and O–H groups in total. The summed E-state index contributed by atoms with van der Waals surface area (Å²) >= 11 is 2.22. The Kier molecular flexibility index (Phi) is 5.00. The number of hydrogen-bond donors (Lipinski definition) is 2. The number of benzene rings is 1. The third kappa shape index (κ3) is 4.59. The van der Waals surface area contributed by atoms with E-state index in [9.17, 15) is 4.79 Å². The van der Waals surface area contributed by atoms with Gasteiger partial charge in [-0.25, -0.2) is 0 Å². The van der Waals surface area contributed by atoms with Crippen molar-refractivity contribution >= 4 is 28.5 Å². The van der Waals surface area contributed by atoms with Gasteiger partial charge in [-0.05, 0) is 40.3 Å². The van der Waals surface area contributed by atoms with Crippen molar-refractivity contribution in [1.82, 2.24) is 0 Å². The summed E-state index contributed by atoms with van der Waals surface area (Å²) in [5.74, 6) is -0.482. The Morgan fingerprint density at radius 3 is 2.53 bits per heavy atom. The minimum atomic E-state index is -0.482. The fourth-order valence-corrected chi connectivity index (χ4v) is 1.45. The molecule has 0 radical (unpaired) electrons. The first-order valence-corrected chi connectivity index (χ1v) is 5.54. The largest absolute Gasteiger partial charge is 0.370 e. The van der Waals surface area contributed by atoms with E-state index in [1.54, 1.807) is 0 Å². The maximum absolute atomic E-state index is 10.4. The van der Waals surface area contributed by atoms with Gasteiger partial charge in [0, 0.05) is 3.57 Å². The van der Waals surface area contributed by atoms with Crippen molar-refractivity contribution in [3.63, 3.8) is 0 Å². The molecule has 1 unspecified atom stereocenters. The number of carbonyl (C=O) groups is 1. The van der Waals surface area contributed by atoms with E-state index < -0.39 is 5.91 Å². The van der Waals surface area contributed by atoms with Gasteiger partial charge in [-0.1, -0.05) is 12.1 Å². The van der Waals surface area contributed by atoms with E-state index >= 15 is 0 Å². The predicted octanol–water partition coefficient (Wildman–Crippen LogP) is 0.793. The highest BCUT2D eigenvalue weighted by Gasteiger charge is 2.06. The molecular formula is C10H13IN2O2. The van der Waals surface area contributed by atoms with Crippen LogP contribution in [0.2, 0.25) is 0 Å². The van der Waals surface area contributed by atoms with Crippen molar-refractivity contribution < 1.29 is 9.53 Å². The second kappa shape index (κ2) is 6.04. The van der Waals surface area contributed by atoms with Crippen LogP contribution in [0.3, 0.4) is 0 Å². The molecule has 0 fully saturated rings. The Balaban J connectivity index is 2.43. The summed E-state index contributed by atoms with van der Waals surface area (Å²) in [4.78, 5) is 10.4. The molecule has 0 saturated heterocycles. The highest BCUT2D eigenvalue weighted by molar-refractivity contribution is 14.1. The number of rotatable bonds is 5. The highest BCUT2D eigenvalue weighted by Crippen LogP contribution is 2.13. The highest BCUT2D eigenvalue weighted by atomic mass is 127. The number of primary amides is 1. The van der Waals surface area contributed by atoms with Crippen LogP contribution in [0.5, 0.6) is 0 Å². The van der Waals surface area contributed by atoms with Crippen molar-refractivity contribution in [1.29, 1.82) is 0 Å². The molecule has 82 valence electrons. The molecule has 0 aliphatic rings. The first-order chi connectivity index (χ1) is 7.09. The summed E-state index contributed by atoms with van der Waals surface area (Å²) in [5.41, 5.74) is 11.8. The molecule has 15 heavy (non-hydrogen) atoms. The van der Waals surface area contributed by atoms with Crippen LogP contribution in [0.4, 0.5) is 0 Å². The summed E-state index contributed by atoms with van der Waals surface area (Å²) in [5, 5.41) is 0. The lowest BCUT2D eigenvalue weighted by molar-refractivity contribution is -0.122. The molecule has 0 aliphatic heterocycles. The number of hydrogen-bond acceptors (Lipinski definition) is 3. The molecule has 0 spiro atoms. The van der Waals surface area contributed by atoms with Gasteiger partial charge in [-0.3, -0.25) is 4.79 Å². The van der Waals surface area contributed by atoms with Gasteiger partial charge in [-0.2, -0.15) is 0 Å². The van der Waals surface area contributed by atoms with Crippen molar-refractivity contribution in [2.75, 3.05) is 13.2 Å². The maximum Gasteiger partial charge on any atom is 0.243 e. The molecule has 1 amide bonds. The van der Waals surface area contributed by atoms with Gasteiger partial charge in [0.1, 0.15) is 6.61 Å². The topological polar surface area (TPSA) is 78.3 Å². The van der Waals surface area contributed by atoms with Crippen molar-refractivity contribution in [2.45, 2.75) is 6.04 Å². The zero-order valence-corrected chi connectivity index (χ0v) is 10.3. The quantitative estimate of drug-likeness (QED) is 0.788. The molecule has 5 heteroatoms. The van der Waals surface area contributed by atoms with E-state index in [-0.39, 0.29) is 12.6 Å². The number of nitrogens with two attached hydrogens (primary N) is 2. The standard InChI is InChI=1S/C10H13IN2O2/c11-8-3-1-7(2-4-8)9(12)5-15-6-10(13)14/h1-4,9H,5-6,12H2,(H2,13,14). The van der Waals surface area contributed by atoms with E-state index in [2.05, 4.69) is 22.6 Å². The van der Waals surface area contributed by atoms with Gasteiger partial charge in [-0.15, -0.1) is 0 Å². The van der Waals surface area contributed by atoms with Crippen LogP contribution in [-0.4, -0.2) is 19.1 Å². The summed E-state index contributed by atoms with van der Waals surface area (Å²) < 4.78 is 6.19. The maximum atomic E-state index is 10.4. The second-order valence-electron chi connectivity index (χ2n) is 3.14. The smallest absolute Gasteiger partial charge is 0.243 e. The van der Waals surface area contributed by atoms with E-state index in [0.29, 0.717) is 6.61 Å². The zero-order chi connectivity index (χ0) is 11.3. The first kappa shape index (κ1) is 12.4.